The quantitative estimate of drug-likeness (QED) is 0.587. The van der Waals surface area contributed by atoms with Crippen LogP contribution in [0.1, 0.15) is 29.2 Å². The SMILES string of the molecule is CC(O)c1nc2ccc(NC(=O)c3cc[nH]c3)cc2[nH]1. The maximum Gasteiger partial charge on any atom is 0.257 e. The summed E-state index contributed by atoms with van der Waals surface area (Å²) < 4.78 is 0. The van der Waals surface area contributed by atoms with E-state index in [2.05, 4.69) is 20.3 Å². The van der Waals surface area contributed by atoms with Gasteiger partial charge in [0.15, 0.2) is 0 Å². The number of aromatic nitrogens is 3. The molecule has 6 nitrogen and oxygen atoms in total. The molecule has 2 heterocycles. The summed E-state index contributed by atoms with van der Waals surface area (Å²) in [7, 11) is 0. The largest absolute Gasteiger partial charge is 0.385 e. The second-order valence-corrected chi connectivity index (χ2v) is 4.58. The summed E-state index contributed by atoms with van der Waals surface area (Å²) in [4.78, 5) is 22.0. The van der Waals surface area contributed by atoms with Crippen LogP contribution in [-0.4, -0.2) is 26.0 Å². The Morgan fingerprint density at radius 2 is 2.25 bits per heavy atom. The van der Waals surface area contributed by atoms with Gasteiger partial charge in [0.05, 0.1) is 16.6 Å². The van der Waals surface area contributed by atoms with Gasteiger partial charge in [0.2, 0.25) is 0 Å². The van der Waals surface area contributed by atoms with E-state index in [1.807, 2.05) is 0 Å². The van der Waals surface area contributed by atoms with Crippen LogP contribution >= 0.6 is 0 Å². The highest BCUT2D eigenvalue weighted by atomic mass is 16.3. The molecule has 0 spiro atoms. The van der Waals surface area contributed by atoms with Crippen LogP contribution in [0, 0.1) is 0 Å². The lowest BCUT2D eigenvalue weighted by Crippen LogP contribution is -2.10. The summed E-state index contributed by atoms with van der Waals surface area (Å²) in [6.45, 7) is 1.65. The van der Waals surface area contributed by atoms with E-state index in [9.17, 15) is 9.90 Å². The Hall–Kier alpha value is -2.60. The van der Waals surface area contributed by atoms with Gasteiger partial charge in [0.1, 0.15) is 11.9 Å². The molecule has 0 saturated heterocycles. The first kappa shape index (κ1) is 12.4. The molecule has 0 aliphatic carbocycles. The molecule has 1 unspecified atom stereocenters. The summed E-state index contributed by atoms with van der Waals surface area (Å²) in [6.07, 6.45) is 2.68. The number of fused-ring (bicyclic) bond motifs is 1. The number of H-pyrrole nitrogens is 2. The van der Waals surface area contributed by atoms with Gasteiger partial charge in [0, 0.05) is 18.1 Å². The molecule has 6 heteroatoms. The van der Waals surface area contributed by atoms with Gasteiger partial charge < -0.3 is 20.4 Å². The summed E-state index contributed by atoms with van der Waals surface area (Å²) in [5.41, 5.74) is 2.76. The molecular formula is C14H14N4O2. The summed E-state index contributed by atoms with van der Waals surface area (Å²) >= 11 is 0. The molecule has 20 heavy (non-hydrogen) atoms. The normalized spacial score (nSPS) is 12.5. The molecule has 3 rings (SSSR count). The topological polar surface area (TPSA) is 93.8 Å². The fraction of sp³-hybridized carbons (Fsp3) is 0.143. The van der Waals surface area contributed by atoms with E-state index in [0.717, 1.165) is 11.0 Å². The molecule has 0 aliphatic heterocycles. The Morgan fingerprint density at radius 3 is 2.95 bits per heavy atom. The molecule has 1 atom stereocenters. The van der Waals surface area contributed by atoms with Crippen molar-refractivity contribution in [1.82, 2.24) is 15.0 Å². The number of benzene rings is 1. The number of anilines is 1. The monoisotopic (exact) mass is 270 g/mol. The maximum absolute atomic E-state index is 11.9. The molecule has 2 aromatic heterocycles. The molecule has 0 radical (unpaired) electrons. The first-order chi connectivity index (χ1) is 9.63. The Balaban J connectivity index is 1.87. The van der Waals surface area contributed by atoms with Gasteiger partial charge in [-0.05, 0) is 31.2 Å². The first-order valence-corrected chi connectivity index (χ1v) is 6.25. The van der Waals surface area contributed by atoms with Gasteiger partial charge in [-0.25, -0.2) is 4.98 Å². The van der Waals surface area contributed by atoms with Gasteiger partial charge in [-0.2, -0.15) is 0 Å². The minimum atomic E-state index is -0.653. The number of carbonyl (C=O) groups is 1. The van der Waals surface area contributed by atoms with E-state index < -0.39 is 6.10 Å². The van der Waals surface area contributed by atoms with E-state index >= 15 is 0 Å². The predicted molar refractivity (Wildman–Crippen MR) is 75.5 cm³/mol. The third kappa shape index (κ3) is 2.28. The van der Waals surface area contributed by atoms with Crippen molar-refractivity contribution in [3.05, 3.63) is 48.0 Å². The number of hydrogen-bond acceptors (Lipinski definition) is 3. The fourth-order valence-electron chi connectivity index (χ4n) is 1.97. The van der Waals surface area contributed by atoms with Gasteiger partial charge in [-0.3, -0.25) is 4.79 Å². The average Bonchev–Trinajstić information content (AvgIpc) is 3.07. The molecule has 4 N–H and O–H groups in total. The highest BCUT2D eigenvalue weighted by Gasteiger charge is 2.10. The van der Waals surface area contributed by atoms with E-state index in [0.29, 0.717) is 17.1 Å². The predicted octanol–water partition coefficient (Wildman–Crippen LogP) is 2.20. The number of rotatable bonds is 3. The zero-order valence-electron chi connectivity index (χ0n) is 10.8. The van der Waals surface area contributed by atoms with Crippen LogP contribution in [0.4, 0.5) is 5.69 Å². The molecule has 0 aliphatic rings. The molecule has 1 amide bonds. The van der Waals surface area contributed by atoms with Crippen LogP contribution in [0.5, 0.6) is 0 Å². The molecular weight excluding hydrogens is 256 g/mol. The van der Waals surface area contributed by atoms with Crippen molar-refractivity contribution in [2.75, 3.05) is 5.32 Å². The minimum Gasteiger partial charge on any atom is -0.385 e. The highest BCUT2D eigenvalue weighted by molar-refractivity contribution is 6.04. The highest BCUT2D eigenvalue weighted by Crippen LogP contribution is 2.20. The van der Waals surface area contributed by atoms with Crippen LogP contribution in [0.2, 0.25) is 0 Å². The number of nitrogens with zero attached hydrogens (tertiary/aromatic N) is 1. The molecule has 0 bridgehead atoms. The van der Waals surface area contributed by atoms with Crippen molar-refractivity contribution in [2.24, 2.45) is 0 Å². The fourth-order valence-corrected chi connectivity index (χ4v) is 1.97. The number of hydrogen-bond donors (Lipinski definition) is 4. The van der Waals surface area contributed by atoms with Crippen LogP contribution in [0.25, 0.3) is 11.0 Å². The number of aliphatic hydroxyl groups is 1. The van der Waals surface area contributed by atoms with Crippen molar-refractivity contribution in [3.63, 3.8) is 0 Å². The van der Waals surface area contributed by atoms with Crippen LogP contribution in [0.3, 0.4) is 0 Å². The van der Waals surface area contributed by atoms with Crippen molar-refractivity contribution >= 4 is 22.6 Å². The Morgan fingerprint density at radius 1 is 1.40 bits per heavy atom. The number of amides is 1. The average molecular weight is 270 g/mol. The number of carbonyl (C=O) groups excluding carboxylic acids is 1. The van der Waals surface area contributed by atoms with E-state index in [1.54, 1.807) is 43.6 Å². The van der Waals surface area contributed by atoms with E-state index in [-0.39, 0.29) is 5.91 Å². The Kier molecular flexibility index (Phi) is 3.00. The second kappa shape index (κ2) is 4.82. The molecule has 3 aromatic rings. The molecule has 0 fully saturated rings. The molecule has 1 aromatic carbocycles. The lowest BCUT2D eigenvalue weighted by molar-refractivity contribution is 0.102. The smallest absolute Gasteiger partial charge is 0.257 e. The molecule has 0 saturated carbocycles. The zero-order valence-corrected chi connectivity index (χ0v) is 10.8. The summed E-state index contributed by atoms with van der Waals surface area (Å²) in [6, 6.07) is 7.07. The number of nitrogens with one attached hydrogen (secondary N) is 3. The summed E-state index contributed by atoms with van der Waals surface area (Å²) in [5.74, 6) is 0.329. The second-order valence-electron chi connectivity index (χ2n) is 4.58. The van der Waals surface area contributed by atoms with Gasteiger partial charge in [-0.1, -0.05) is 0 Å². The first-order valence-electron chi connectivity index (χ1n) is 6.25. The standard InChI is InChI=1S/C14H14N4O2/c1-8(19)13-17-11-3-2-10(6-12(11)18-13)16-14(20)9-4-5-15-7-9/h2-8,15,19H,1H3,(H,16,20)(H,17,18). The van der Waals surface area contributed by atoms with Gasteiger partial charge >= 0.3 is 0 Å². The molecule has 102 valence electrons. The van der Waals surface area contributed by atoms with Crippen LogP contribution < -0.4 is 5.32 Å². The van der Waals surface area contributed by atoms with Crippen LogP contribution in [-0.2, 0) is 0 Å². The van der Waals surface area contributed by atoms with Crippen LogP contribution in [0.15, 0.2) is 36.7 Å². The Bertz CT molecular complexity index is 744. The van der Waals surface area contributed by atoms with Gasteiger partial charge in [0.25, 0.3) is 5.91 Å². The number of aliphatic hydroxyl groups excluding tert-OH is 1. The van der Waals surface area contributed by atoms with Crippen molar-refractivity contribution in [1.29, 1.82) is 0 Å². The van der Waals surface area contributed by atoms with Crippen molar-refractivity contribution in [2.45, 2.75) is 13.0 Å². The third-order valence-electron chi connectivity index (χ3n) is 3.01. The minimum absolute atomic E-state index is 0.180. The Labute approximate surface area is 114 Å². The number of imidazole rings is 1. The lowest BCUT2D eigenvalue weighted by Gasteiger charge is -2.03. The third-order valence-corrected chi connectivity index (χ3v) is 3.01. The number of aromatic amines is 2. The maximum atomic E-state index is 11.9. The zero-order chi connectivity index (χ0) is 14.1. The van der Waals surface area contributed by atoms with E-state index in [4.69, 9.17) is 0 Å². The summed E-state index contributed by atoms with van der Waals surface area (Å²) in [5, 5.41) is 12.3. The van der Waals surface area contributed by atoms with E-state index in [1.165, 1.54) is 0 Å². The lowest BCUT2D eigenvalue weighted by atomic mass is 10.2. The van der Waals surface area contributed by atoms with Crippen molar-refractivity contribution < 1.29 is 9.90 Å². The van der Waals surface area contributed by atoms with Crippen molar-refractivity contribution in [3.8, 4) is 0 Å². The van der Waals surface area contributed by atoms with Gasteiger partial charge in [-0.15, -0.1) is 0 Å².